The fraction of sp³-hybridized carbons (Fsp3) is 0.683. The third kappa shape index (κ3) is 43.5. The van der Waals surface area contributed by atoms with Gasteiger partial charge in [-0.25, -0.2) is 25.2 Å². The number of H-pyrrole nitrogens is 2. The van der Waals surface area contributed by atoms with E-state index in [-0.39, 0.29) is 284 Å². The van der Waals surface area contributed by atoms with E-state index < -0.39 is 11.4 Å². The van der Waals surface area contributed by atoms with Crippen molar-refractivity contribution in [2.45, 2.75) is 253 Å². The summed E-state index contributed by atoms with van der Waals surface area (Å²) in [6.07, 6.45) is 52.5. The Kier molecular flexibility index (Phi) is 78.9. The first-order valence-electron chi connectivity index (χ1n) is 39.9. The topological polar surface area (TPSA) is 629 Å². The number of Topliss-reactive ketones (excluding diaryl/α,β-unsaturated/α-hetero) is 1. The average Bonchev–Trinajstić information content (AvgIpc) is 0.778. The van der Waals surface area contributed by atoms with Crippen molar-refractivity contribution in [2.24, 2.45) is 137 Å². The number of esters is 1. The second-order valence-electron chi connectivity index (χ2n) is 29.5. The minimum atomic E-state index is -0.662. The van der Waals surface area contributed by atoms with Gasteiger partial charge in [-0.1, -0.05) is 171 Å². The van der Waals surface area contributed by atoms with Gasteiger partial charge in [-0.05, 0) is 94.8 Å². The summed E-state index contributed by atoms with van der Waals surface area (Å²) in [5.74, 6) is 2.47. The fourth-order valence-electron chi connectivity index (χ4n) is 16.7. The van der Waals surface area contributed by atoms with Crippen molar-refractivity contribution >= 4 is 83.4 Å². The minimum absolute atomic E-state index is 0. The predicted molar refractivity (Wildman–Crippen MR) is 454 cm³/mol. The Labute approximate surface area is 828 Å². The normalized spacial score (nSPS) is 26.3. The van der Waals surface area contributed by atoms with Gasteiger partial charge in [-0.15, -0.1) is 56.2 Å². The Morgan fingerprint density at radius 2 is 0.870 bits per heavy atom. The van der Waals surface area contributed by atoms with Crippen LogP contribution in [-0.2, 0) is 192 Å². The van der Waals surface area contributed by atoms with Crippen LogP contribution in [0.3, 0.4) is 0 Å². The molecule has 15 N–H and O–H groups in total. The monoisotopic (exact) mass is 2020 g/mol. The van der Waals surface area contributed by atoms with E-state index in [0.717, 1.165) is 146 Å². The zero-order chi connectivity index (χ0) is 82.1. The summed E-state index contributed by atoms with van der Waals surface area (Å²) < 4.78 is 5.17. The van der Waals surface area contributed by atoms with Gasteiger partial charge >= 0.3 is 17.3 Å². The molecule has 0 bridgehead atoms. The molecule has 12 aliphatic rings. The Bertz CT molecular complexity index is 3610. The SMILES string of the molecule is C.C.N#N.N#N.NCC1=NN=C(CN)C2C([C-]=O)CCCCCC12.NCC1=NN=C2CCC(=O)C3CCCCCC1C23.NCc1nnc(CN)nn1.O=C1CC2CCCCCC3C(=O)NN=C(O1)C23.O=[C-]C1/C=C/CCCCC1.O=[C-]CC1/C=C/CCCCC1.O=[C-]CC1CCCCCC2C(=O)NNC(=O)C12.O=c1nnc(=O)[nH][nH]1.[CH3-].[CH3-].[CH3-].[CH3-].[Y].[Y].[Y].[Y]. The first kappa shape index (κ1) is 128. The van der Waals surface area contributed by atoms with E-state index in [4.69, 9.17) is 55.0 Å². The van der Waals surface area contributed by atoms with Gasteiger partial charge in [-0.3, -0.25) is 60.0 Å². The molecule has 7 aliphatic carbocycles. The molecular formula is C82H133N25O12Y4-8. The predicted octanol–water partition coefficient (Wildman–Crippen LogP) is 8.23. The van der Waals surface area contributed by atoms with E-state index in [1.165, 1.54) is 76.3 Å². The average molecular weight is 2020 g/mol. The summed E-state index contributed by atoms with van der Waals surface area (Å²) in [5, 5.41) is 69.1. The maximum Gasteiger partial charge on any atom is 0.378 e. The van der Waals surface area contributed by atoms with Crippen LogP contribution in [0, 0.1) is 134 Å². The molecule has 0 spiro atoms. The number of amides is 3. The molecule has 0 aromatic carbocycles. The summed E-state index contributed by atoms with van der Waals surface area (Å²) in [7, 11) is 0. The summed E-state index contributed by atoms with van der Waals surface area (Å²) in [6.45, 7) is 1.77. The van der Waals surface area contributed by atoms with E-state index in [9.17, 15) is 52.7 Å². The number of ether oxygens (including phenoxy) is 1. The van der Waals surface area contributed by atoms with Crippen LogP contribution in [0.2, 0.25) is 0 Å². The number of carbonyl (C=O) groups excluding carboxylic acids is 9. The number of ketones is 1. The van der Waals surface area contributed by atoms with Gasteiger partial charge in [0.1, 0.15) is 5.78 Å². The third-order valence-corrected chi connectivity index (χ3v) is 22.3. The number of nitrogens with one attached hydrogen (secondary N) is 5. The number of nitrogens with zero attached hydrogens (tertiary/aromatic N) is 15. The molecule has 5 aliphatic heterocycles. The Morgan fingerprint density at radius 1 is 0.423 bits per heavy atom. The second kappa shape index (κ2) is 75.6. The van der Waals surface area contributed by atoms with Crippen LogP contribution in [0.1, 0.15) is 251 Å². The van der Waals surface area contributed by atoms with Crippen molar-refractivity contribution in [2.75, 3.05) is 19.6 Å². The van der Waals surface area contributed by atoms with Gasteiger partial charge in [0.15, 0.2) is 11.6 Å². The molecule has 41 heteroatoms. The second-order valence-corrected chi connectivity index (χ2v) is 29.5. The number of carbonyl (C=O) groups is 5. The molecule has 7 fully saturated rings. The molecular weight excluding hydrogens is 1880 g/mol. The maximum absolute atomic E-state index is 12.2. The van der Waals surface area contributed by atoms with E-state index in [1.54, 1.807) is 0 Å². The van der Waals surface area contributed by atoms with Crippen LogP contribution in [0.5, 0.6) is 0 Å². The van der Waals surface area contributed by atoms with Crippen LogP contribution in [0.4, 0.5) is 0 Å². The molecule has 14 unspecified atom stereocenters. The van der Waals surface area contributed by atoms with Crippen LogP contribution >= 0.6 is 0 Å². The van der Waals surface area contributed by atoms with E-state index in [1.807, 2.05) is 35.1 Å². The van der Waals surface area contributed by atoms with Crippen LogP contribution in [0.25, 0.3) is 0 Å². The molecule has 4 radical (unpaired) electrons. The summed E-state index contributed by atoms with van der Waals surface area (Å²) >= 11 is 0. The first-order valence-corrected chi connectivity index (χ1v) is 39.9. The molecule has 123 heavy (non-hydrogen) atoms. The van der Waals surface area contributed by atoms with Crippen molar-refractivity contribution in [3.05, 3.63) is 86.6 Å². The number of hydrogen-bond donors (Lipinski definition) is 10. The third-order valence-electron chi connectivity index (χ3n) is 22.3. The molecule has 14 rings (SSSR count). The number of aromatic amines is 2. The van der Waals surface area contributed by atoms with Gasteiger partial charge < -0.3 is 82.3 Å². The fourth-order valence-corrected chi connectivity index (χ4v) is 16.7. The van der Waals surface area contributed by atoms with Gasteiger partial charge in [0.05, 0.1) is 53.9 Å². The standard InChI is InChI=1S/C14H21N3O.C13H21N4O.C12H16N2O3.C12H17N2O3.C10H15O.C9H13O.C4H8N6.C2H2N4O2.2CH4.4CH3.2N2.4Y/c15-8-12-9-4-2-1-3-5-10-13(18)7-6-11(14(9)10)16-17-12;14-6-11-10-5-3-1-2-4-9(8-18)13(10)12(7-15)17-16-11;15-9-6-7-4-2-1-3-5-8-10(7)12(17-9)14-13-11(8)16;15-7-6-8-4-2-1-3-5-9-10(8)12(17)14-13-11(9)16;11-9-8-10-6-4-2-1-3-5-7-10;10-8-9-6-4-2-1-3-5-7-9;5-1-3-7-9-4(2-6)10-8-3;7-1-3-5-2(8)6-4-1;;;;;;;2*1-2;;;;/h9-10,14H,1-8,15H2;9-10,13H,1-7,14-15H2;7-8,10H,1-6H2,(H,13,16);8-10H,1-6H2,(H,13,16)(H,14,17);4,6,10H,1-3,5,7-8H2;4,6,9H,1-3,5,7H2;1-2,5-6H2;(H,3,4,7)(H,5,6,8);2*1H4;4*1H3;;;;;;/q;-1;;3*-1;;;;;4*-1;;;;;;/b;;;;2*6-4+;;;;;;;;;;;;;;. The number of fused-ring (bicyclic) bond motifs is 2. The molecule has 2 aromatic rings. The zero-order valence-electron chi connectivity index (χ0n) is 71.0. The van der Waals surface area contributed by atoms with Crippen molar-refractivity contribution < 1.29 is 179 Å². The Hall–Kier alpha value is -5.40. The largest absolute Gasteiger partial charge is 0.542 e. The number of hydrogen-bond acceptors (Lipinski definition) is 32. The van der Waals surface area contributed by atoms with Crippen molar-refractivity contribution in [1.29, 1.82) is 21.6 Å². The summed E-state index contributed by atoms with van der Waals surface area (Å²) in [4.78, 5) is 121. The molecule has 37 nitrogen and oxygen atoms in total. The number of nitrogens with two attached hydrogens (primary N) is 5. The molecule has 14 atom stereocenters. The number of aromatic nitrogens is 8. The van der Waals surface area contributed by atoms with E-state index in [0.29, 0.717) is 80.0 Å². The molecule has 678 valence electrons. The van der Waals surface area contributed by atoms with Crippen molar-refractivity contribution in [3.63, 3.8) is 0 Å². The van der Waals surface area contributed by atoms with Crippen molar-refractivity contribution in [1.82, 2.24) is 57.1 Å². The number of allylic oxidation sites excluding steroid dienone is 4. The summed E-state index contributed by atoms with van der Waals surface area (Å²) in [6, 6.07) is 0. The van der Waals surface area contributed by atoms with Gasteiger partial charge in [0.25, 0.3) is 0 Å². The van der Waals surface area contributed by atoms with Crippen molar-refractivity contribution in [3.8, 4) is 0 Å². The molecule has 7 heterocycles. The molecule has 5 saturated carbocycles. The van der Waals surface area contributed by atoms with E-state index in [2.05, 4.69) is 96.9 Å². The van der Waals surface area contributed by atoms with Gasteiger partial charge in [0, 0.05) is 214 Å². The van der Waals surface area contributed by atoms with E-state index >= 15 is 0 Å². The Balaban J connectivity index is -0.000000316. The number of hydrazine groups is 1. The van der Waals surface area contributed by atoms with Crippen LogP contribution in [-0.4, -0.2) is 144 Å². The minimum Gasteiger partial charge on any atom is -0.542 e. The van der Waals surface area contributed by atoms with Crippen LogP contribution in [0.15, 0.2) is 59.4 Å². The number of hydrazone groups is 1. The molecule has 2 aromatic heterocycles. The first-order chi connectivity index (χ1) is 55.1. The molecule has 3 amide bonds. The number of rotatable bonds is 11. The summed E-state index contributed by atoms with van der Waals surface area (Å²) in [5.41, 5.74) is 37.6. The Morgan fingerprint density at radius 3 is 1.38 bits per heavy atom. The quantitative estimate of drug-likeness (QED) is 0.0438. The maximum atomic E-state index is 12.2. The van der Waals surface area contributed by atoms with Gasteiger partial charge in [0.2, 0.25) is 23.6 Å². The van der Waals surface area contributed by atoms with Crippen LogP contribution < -0.4 is 56.3 Å². The van der Waals surface area contributed by atoms with Gasteiger partial charge in [-0.2, -0.15) is 20.4 Å². The zero-order valence-corrected chi connectivity index (χ0v) is 82.3. The smallest absolute Gasteiger partial charge is 0.378 e. The molecule has 2 saturated heterocycles.